The number of aliphatic hydroxyl groups excluding tert-OH is 1. The number of fused-ring (bicyclic) bond motifs is 1. The zero-order valence-corrected chi connectivity index (χ0v) is 21.4. The van der Waals surface area contributed by atoms with E-state index in [-0.39, 0.29) is 18.9 Å². The largest absolute Gasteiger partial charge is 0.480 e. The standard InChI is InChI=1S/C26H37N5O6/c1-14(2)11-18(27)23(33)29-20(12-16-13-28-19-8-5-4-7-17(16)19)25(35)31-10-6-9-21(31)24(34)30-22(15(3)32)26(36)37/h4-5,7-8,13-15,18,20-22,28,32H,6,9-12,27H2,1-3H3,(H,29,33)(H,30,34)(H,36,37). The van der Waals surface area contributed by atoms with Gasteiger partial charge in [-0.15, -0.1) is 0 Å². The van der Waals surface area contributed by atoms with Crippen LogP contribution in [0.2, 0.25) is 0 Å². The Bertz CT molecular complexity index is 1130. The second-order valence-electron chi connectivity index (χ2n) is 10.1. The van der Waals surface area contributed by atoms with Gasteiger partial charge in [0.05, 0.1) is 12.1 Å². The van der Waals surface area contributed by atoms with E-state index in [4.69, 9.17) is 5.73 Å². The van der Waals surface area contributed by atoms with Crippen LogP contribution >= 0.6 is 0 Å². The number of para-hydroxylation sites is 1. The Hall–Kier alpha value is -3.44. The van der Waals surface area contributed by atoms with Gasteiger partial charge in [0.2, 0.25) is 17.7 Å². The summed E-state index contributed by atoms with van der Waals surface area (Å²) in [5.41, 5.74) is 7.80. The maximum Gasteiger partial charge on any atom is 0.328 e. The van der Waals surface area contributed by atoms with E-state index in [1.807, 2.05) is 38.1 Å². The van der Waals surface area contributed by atoms with E-state index >= 15 is 0 Å². The van der Waals surface area contributed by atoms with Crippen molar-refractivity contribution in [1.82, 2.24) is 20.5 Å². The van der Waals surface area contributed by atoms with Gasteiger partial charge in [-0.1, -0.05) is 32.0 Å². The molecule has 0 spiro atoms. The number of benzene rings is 1. The second kappa shape index (κ2) is 12.2. The lowest BCUT2D eigenvalue weighted by Crippen LogP contribution is -2.58. The molecule has 2 aromatic rings. The van der Waals surface area contributed by atoms with Crippen molar-refractivity contribution < 1.29 is 29.4 Å². The van der Waals surface area contributed by atoms with Gasteiger partial charge in [0.15, 0.2) is 6.04 Å². The predicted molar refractivity (Wildman–Crippen MR) is 137 cm³/mol. The first-order chi connectivity index (χ1) is 17.5. The summed E-state index contributed by atoms with van der Waals surface area (Å²) >= 11 is 0. The molecule has 1 aliphatic heterocycles. The minimum Gasteiger partial charge on any atom is -0.480 e. The number of carbonyl (C=O) groups excluding carboxylic acids is 3. The van der Waals surface area contributed by atoms with Gasteiger partial charge < -0.3 is 36.5 Å². The zero-order valence-electron chi connectivity index (χ0n) is 21.4. The fourth-order valence-electron chi connectivity index (χ4n) is 4.76. The molecule has 37 heavy (non-hydrogen) atoms. The number of likely N-dealkylation sites (tertiary alicyclic amines) is 1. The van der Waals surface area contributed by atoms with Crippen molar-refractivity contribution >= 4 is 34.6 Å². The van der Waals surface area contributed by atoms with Crippen molar-refractivity contribution in [3.8, 4) is 0 Å². The third-order valence-corrected chi connectivity index (χ3v) is 6.66. The van der Waals surface area contributed by atoms with Crippen molar-refractivity contribution in [2.24, 2.45) is 11.7 Å². The van der Waals surface area contributed by atoms with Crippen LogP contribution in [-0.4, -0.2) is 80.6 Å². The summed E-state index contributed by atoms with van der Waals surface area (Å²) < 4.78 is 0. The van der Waals surface area contributed by atoms with Crippen LogP contribution < -0.4 is 16.4 Å². The van der Waals surface area contributed by atoms with Crippen molar-refractivity contribution in [2.45, 2.75) is 76.7 Å². The van der Waals surface area contributed by atoms with Gasteiger partial charge in [0.1, 0.15) is 12.1 Å². The van der Waals surface area contributed by atoms with Gasteiger partial charge in [-0.25, -0.2) is 4.79 Å². The number of carbonyl (C=O) groups is 4. The minimum absolute atomic E-state index is 0.180. The van der Waals surface area contributed by atoms with Crippen molar-refractivity contribution in [3.63, 3.8) is 0 Å². The third kappa shape index (κ3) is 6.86. The van der Waals surface area contributed by atoms with Crippen LogP contribution in [0, 0.1) is 5.92 Å². The number of aliphatic carboxylic acids is 1. The predicted octanol–water partition coefficient (Wildman–Crippen LogP) is 0.510. The number of aliphatic hydroxyl groups is 1. The lowest BCUT2D eigenvalue weighted by Gasteiger charge is -2.30. The molecule has 0 bridgehead atoms. The van der Waals surface area contributed by atoms with Gasteiger partial charge >= 0.3 is 5.97 Å². The number of hydrogen-bond donors (Lipinski definition) is 6. The molecule has 11 nitrogen and oxygen atoms in total. The molecule has 1 fully saturated rings. The molecule has 11 heteroatoms. The Kier molecular flexibility index (Phi) is 9.28. The first-order valence-corrected chi connectivity index (χ1v) is 12.6. The Morgan fingerprint density at radius 2 is 1.86 bits per heavy atom. The van der Waals surface area contributed by atoms with E-state index < -0.39 is 54.0 Å². The maximum atomic E-state index is 13.8. The molecular weight excluding hydrogens is 478 g/mol. The maximum absolute atomic E-state index is 13.8. The van der Waals surface area contributed by atoms with Gasteiger partial charge in [-0.3, -0.25) is 14.4 Å². The number of amides is 3. The molecule has 1 aromatic heterocycles. The highest BCUT2D eigenvalue weighted by Gasteiger charge is 2.40. The first kappa shape index (κ1) is 28.1. The van der Waals surface area contributed by atoms with E-state index in [2.05, 4.69) is 15.6 Å². The average molecular weight is 516 g/mol. The summed E-state index contributed by atoms with van der Waals surface area (Å²) in [7, 11) is 0. The van der Waals surface area contributed by atoms with Crippen LogP contribution in [0.5, 0.6) is 0 Å². The number of nitrogens with one attached hydrogen (secondary N) is 3. The quantitative estimate of drug-likeness (QED) is 0.252. The molecule has 2 heterocycles. The topological polar surface area (TPSA) is 178 Å². The highest BCUT2D eigenvalue weighted by atomic mass is 16.4. The van der Waals surface area contributed by atoms with Crippen LogP contribution in [0.25, 0.3) is 10.9 Å². The highest BCUT2D eigenvalue weighted by molar-refractivity contribution is 5.95. The van der Waals surface area contributed by atoms with Gasteiger partial charge in [-0.05, 0) is 43.7 Å². The molecule has 5 unspecified atom stereocenters. The van der Waals surface area contributed by atoms with E-state index in [0.717, 1.165) is 16.5 Å². The van der Waals surface area contributed by atoms with Crippen molar-refractivity contribution in [2.75, 3.05) is 6.54 Å². The zero-order chi connectivity index (χ0) is 27.3. The molecule has 7 N–H and O–H groups in total. The van der Waals surface area contributed by atoms with Crippen LogP contribution in [0.4, 0.5) is 0 Å². The third-order valence-electron chi connectivity index (χ3n) is 6.66. The molecule has 202 valence electrons. The number of carboxylic acid groups (broad SMARTS) is 1. The average Bonchev–Trinajstić information content (AvgIpc) is 3.48. The van der Waals surface area contributed by atoms with Gasteiger partial charge in [0.25, 0.3) is 0 Å². The van der Waals surface area contributed by atoms with Crippen LogP contribution in [-0.2, 0) is 25.6 Å². The first-order valence-electron chi connectivity index (χ1n) is 12.6. The van der Waals surface area contributed by atoms with E-state index in [0.29, 0.717) is 19.3 Å². The molecule has 1 saturated heterocycles. The summed E-state index contributed by atoms with van der Waals surface area (Å²) in [6.45, 7) is 5.45. The number of H-pyrrole nitrogens is 1. The fraction of sp³-hybridized carbons (Fsp3) is 0.538. The molecule has 0 aliphatic carbocycles. The number of nitrogens with two attached hydrogens (primary N) is 1. The van der Waals surface area contributed by atoms with Crippen LogP contribution in [0.15, 0.2) is 30.5 Å². The van der Waals surface area contributed by atoms with Crippen molar-refractivity contribution in [3.05, 3.63) is 36.0 Å². The lowest BCUT2D eigenvalue weighted by molar-refractivity contribution is -0.147. The Balaban J connectivity index is 1.84. The monoisotopic (exact) mass is 515 g/mol. The number of aromatic amines is 1. The molecular formula is C26H37N5O6. The van der Waals surface area contributed by atoms with Crippen LogP contribution in [0.1, 0.15) is 45.6 Å². The Labute approximate surface area is 215 Å². The van der Waals surface area contributed by atoms with Gasteiger partial charge in [0, 0.05) is 30.1 Å². The number of nitrogens with zero attached hydrogens (tertiary/aromatic N) is 1. The van der Waals surface area contributed by atoms with E-state index in [9.17, 15) is 29.4 Å². The summed E-state index contributed by atoms with van der Waals surface area (Å²) in [6.07, 6.45) is 1.98. The summed E-state index contributed by atoms with van der Waals surface area (Å²) in [5.74, 6) is -2.74. The molecule has 1 aromatic carbocycles. The molecule has 3 rings (SSSR count). The summed E-state index contributed by atoms with van der Waals surface area (Å²) in [6, 6.07) is 3.42. The summed E-state index contributed by atoms with van der Waals surface area (Å²) in [4.78, 5) is 55.6. The minimum atomic E-state index is -1.50. The smallest absolute Gasteiger partial charge is 0.328 e. The fourth-order valence-corrected chi connectivity index (χ4v) is 4.76. The number of aromatic nitrogens is 1. The molecule has 5 atom stereocenters. The number of rotatable bonds is 11. The summed E-state index contributed by atoms with van der Waals surface area (Å²) in [5, 5.41) is 25.1. The molecule has 0 radical (unpaired) electrons. The van der Waals surface area contributed by atoms with E-state index in [1.165, 1.54) is 11.8 Å². The molecule has 1 aliphatic rings. The number of carboxylic acids is 1. The lowest BCUT2D eigenvalue weighted by atomic mass is 10.0. The SMILES string of the molecule is CC(C)CC(N)C(=O)NC(Cc1c[nH]c2ccccc12)C(=O)N1CCCC1C(=O)NC(C(=O)O)C(C)O. The molecule has 0 saturated carbocycles. The van der Waals surface area contributed by atoms with Crippen molar-refractivity contribution in [1.29, 1.82) is 0 Å². The second-order valence-corrected chi connectivity index (χ2v) is 10.1. The highest BCUT2D eigenvalue weighted by Crippen LogP contribution is 2.23. The Morgan fingerprint density at radius 1 is 1.16 bits per heavy atom. The Morgan fingerprint density at radius 3 is 2.51 bits per heavy atom. The van der Waals surface area contributed by atoms with E-state index in [1.54, 1.807) is 6.20 Å². The van der Waals surface area contributed by atoms with Crippen LogP contribution in [0.3, 0.4) is 0 Å². The normalized spacial score (nSPS) is 18.9. The van der Waals surface area contributed by atoms with Gasteiger partial charge in [-0.2, -0.15) is 0 Å². The number of hydrogen-bond acceptors (Lipinski definition) is 6. The molecule has 3 amide bonds.